The molecule has 0 unspecified atom stereocenters. The monoisotopic (exact) mass is 257 g/mol. The van der Waals surface area contributed by atoms with Gasteiger partial charge in [0.15, 0.2) is 0 Å². The molecule has 0 saturated carbocycles. The van der Waals surface area contributed by atoms with E-state index in [1.54, 1.807) is 6.07 Å². The molecule has 0 aromatic heterocycles. The van der Waals surface area contributed by atoms with Gasteiger partial charge in [-0.15, -0.1) is 0 Å². The molecule has 3 N–H and O–H groups in total. The van der Waals surface area contributed by atoms with Gasteiger partial charge in [0.05, 0.1) is 0 Å². The van der Waals surface area contributed by atoms with Crippen molar-refractivity contribution in [2.45, 2.75) is 32.2 Å². The van der Waals surface area contributed by atoms with Gasteiger partial charge in [-0.1, -0.05) is 22.0 Å². The van der Waals surface area contributed by atoms with E-state index < -0.39 is 0 Å². The maximum atomic E-state index is 9.62. The summed E-state index contributed by atoms with van der Waals surface area (Å²) in [5.74, 6) is 0.337. The van der Waals surface area contributed by atoms with Gasteiger partial charge in [0.25, 0.3) is 0 Å². The minimum Gasteiger partial charge on any atom is -0.508 e. The highest BCUT2D eigenvalue weighted by molar-refractivity contribution is 9.10. The number of rotatable bonds is 3. The molecule has 0 aliphatic rings. The van der Waals surface area contributed by atoms with Crippen LogP contribution in [0, 0.1) is 0 Å². The van der Waals surface area contributed by atoms with Crippen LogP contribution < -0.4 is 5.73 Å². The second kappa shape index (κ2) is 4.32. The zero-order chi connectivity index (χ0) is 10.8. The van der Waals surface area contributed by atoms with Gasteiger partial charge in [-0.05, 0) is 38.8 Å². The average molecular weight is 258 g/mol. The van der Waals surface area contributed by atoms with E-state index in [1.807, 2.05) is 26.0 Å². The van der Waals surface area contributed by atoms with E-state index in [4.69, 9.17) is 5.73 Å². The second-order valence-corrected chi connectivity index (χ2v) is 5.08. The first-order chi connectivity index (χ1) is 6.40. The molecule has 2 nitrogen and oxygen atoms in total. The summed E-state index contributed by atoms with van der Waals surface area (Å²) in [6, 6.07) is 5.44. The quantitative estimate of drug-likeness (QED) is 0.875. The van der Waals surface area contributed by atoms with Gasteiger partial charge >= 0.3 is 0 Å². The summed E-state index contributed by atoms with van der Waals surface area (Å²) < 4.78 is 0.946. The van der Waals surface area contributed by atoms with Crippen LogP contribution in [0.1, 0.15) is 25.8 Å². The summed E-state index contributed by atoms with van der Waals surface area (Å²) in [5, 5.41) is 9.62. The van der Waals surface area contributed by atoms with Gasteiger partial charge in [0.2, 0.25) is 0 Å². The Labute approximate surface area is 93.3 Å². The van der Waals surface area contributed by atoms with Crippen LogP contribution in [-0.4, -0.2) is 10.6 Å². The molecule has 78 valence electrons. The van der Waals surface area contributed by atoms with Crippen LogP contribution in [0.3, 0.4) is 0 Å². The number of phenolic OH excluding ortho intramolecular Hbond substituents is 1. The lowest BCUT2D eigenvalue weighted by atomic mass is 9.96. The molecule has 0 spiro atoms. The third-order valence-corrected chi connectivity index (χ3v) is 2.86. The van der Waals surface area contributed by atoms with Crippen molar-refractivity contribution in [3.8, 4) is 5.75 Å². The van der Waals surface area contributed by atoms with Gasteiger partial charge in [-0.25, -0.2) is 0 Å². The van der Waals surface area contributed by atoms with Crippen molar-refractivity contribution in [3.05, 3.63) is 28.2 Å². The molecule has 1 rings (SSSR count). The molecule has 0 heterocycles. The fourth-order valence-corrected chi connectivity index (χ4v) is 1.80. The van der Waals surface area contributed by atoms with E-state index in [-0.39, 0.29) is 5.54 Å². The molecule has 1 aromatic carbocycles. The summed E-state index contributed by atoms with van der Waals surface area (Å²) in [7, 11) is 0. The lowest BCUT2D eigenvalue weighted by molar-refractivity contribution is 0.448. The predicted molar refractivity (Wildman–Crippen MR) is 62.4 cm³/mol. The third kappa shape index (κ3) is 3.31. The molecule has 3 heteroatoms. The fourth-order valence-electron chi connectivity index (χ4n) is 1.24. The Balaban J connectivity index is 2.77. The number of hydrogen-bond donors (Lipinski definition) is 2. The smallest absolute Gasteiger partial charge is 0.119 e. The predicted octanol–water partition coefficient (Wildman–Crippen LogP) is 2.82. The fraction of sp³-hybridized carbons (Fsp3) is 0.455. The van der Waals surface area contributed by atoms with E-state index in [0.717, 1.165) is 22.9 Å². The van der Waals surface area contributed by atoms with E-state index in [9.17, 15) is 5.11 Å². The van der Waals surface area contributed by atoms with Gasteiger partial charge in [0, 0.05) is 15.6 Å². The lowest BCUT2D eigenvalue weighted by Gasteiger charge is -2.18. The van der Waals surface area contributed by atoms with E-state index in [0.29, 0.717) is 5.75 Å². The summed E-state index contributed by atoms with van der Waals surface area (Å²) in [4.78, 5) is 0. The third-order valence-electron chi connectivity index (χ3n) is 2.11. The minimum absolute atomic E-state index is 0.193. The second-order valence-electron chi connectivity index (χ2n) is 4.23. The zero-order valence-electron chi connectivity index (χ0n) is 8.55. The van der Waals surface area contributed by atoms with Gasteiger partial charge < -0.3 is 10.8 Å². The van der Waals surface area contributed by atoms with E-state index >= 15 is 0 Å². The number of hydrogen-bond acceptors (Lipinski definition) is 2. The summed E-state index contributed by atoms with van der Waals surface area (Å²) >= 11 is 3.41. The number of benzene rings is 1. The first kappa shape index (κ1) is 11.5. The molecule has 0 atom stereocenters. The first-order valence-electron chi connectivity index (χ1n) is 4.65. The lowest BCUT2D eigenvalue weighted by Crippen LogP contribution is -2.32. The minimum atomic E-state index is -0.193. The summed E-state index contributed by atoms with van der Waals surface area (Å²) in [5.41, 5.74) is 6.63. The van der Waals surface area contributed by atoms with E-state index in [2.05, 4.69) is 15.9 Å². The van der Waals surface area contributed by atoms with Crippen molar-refractivity contribution in [1.29, 1.82) is 0 Å². The van der Waals surface area contributed by atoms with Gasteiger partial charge in [-0.3, -0.25) is 0 Å². The molecule has 14 heavy (non-hydrogen) atoms. The molecular formula is C11H16BrNO. The van der Waals surface area contributed by atoms with Crippen LogP contribution in [0.4, 0.5) is 0 Å². The van der Waals surface area contributed by atoms with Crippen molar-refractivity contribution < 1.29 is 5.11 Å². The van der Waals surface area contributed by atoms with Gasteiger partial charge in [0.1, 0.15) is 5.75 Å². The molecule has 0 aliphatic heterocycles. The Hall–Kier alpha value is -0.540. The first-order valence-corrected chi connectivity index (χ1v) is 5.45. The number of phenols is 1. The Morgan fingerprint density at radius 2 is 2.07 bits per heavy atom. The maximum Gasteiger partial charge on any atom is 0.119 e. The van der Waals surface area contributed by atoms with Crippen LogP contribution in [0.2, 0.25) is 0 Å². The Kier molecular flexibility index (Phi) is 3.56. The molecule has 0 bridgehead atoms. The number of nitrogens with two attached hydrogens (primary N) is 1. The maximum absolute atomic E-state index is 9.62. The Morgan fingerprint density at radius 1 is 1.43 bits per heavy atom. The highest BCUT2D eigenvalue weighted by Crippen LogP contribution is 2.27. The Bertz CT molecular complexity index is 297. The number of aromatic hydroxyl groups is 1. The topological polar surface area (TPSA) is 46.2 Å². The van der Waals surface area contributed by atoms with Crippen molar-refractivity contribution in [2.75, 3.05) is 0 Å². The van der Waals surface area contributed by atoms with Crippen LogP contribution in [0.25, 0.3) is 0 Å². The summed E-state index contributed by atoms with van der Waals surface area (Å²) in [6.45, 7) is 3.97. The van der Waals surface area contributed by atoms with Crippen LogP contribution in [0.5, 0.6) is 5.75 Å². The van der Waals surface area contributed by atoms with E-state index in [1.165, 1.54) is 0 Å². The molecule has 0 saturated heterocycles. The summed E-state index contributed by atoms with van der Waals surface area (Å²) in [6.07, 6.45) is 1.64. The van der Waals surface area contributed by atoms with Crippen LogP contribution in [0.15, 0.2) is 22.7 Å². The zero-order valence-corrected chi connectivity index (χ0v) is 10.1. The molecule has 0 radical (unpaired) electrons. The normalized spacial score (nSPS) is 11.7. The van der Waals surface area contributed by atoms with Gasteiger partial charge in [-0.2, -0.15) is 0 Å². The largest absolute Gasteiger partial charge is 0.508 e. The van der Waals surface area contributed by atoms with Crippen molar-refractivity contribution in [3.63, 3.8) is 0 Å². The van der Waals surface area contributed by atoms with Crippen molar-refractivity contribution in [2.24, 2.45) is 5.73 Å². The SMILES string of the molecule is CC(C)(N)CCc1c(O)cccc1Br. The highest BCUT2D eigenvalue weighted by Gasteiger charge is 2.13. The van der Waals surface area contributed by atoms with Crippen molar-refractivity contribution >= 4 is 15.9 Å². The average Bonchev–Trinajstić information content (AvgIpc) is 2.01. The molecular weight excluding hydrogens is 242 g/mol. The molecule has 0 amide bonds. The van der Waals surface area contributed by atoms with Crippen molar-refractivity contribution in [1.82, 2.24) is 0 Å². The molecule has 1 aromatic rings. The molecule has 0 fully saturated rings. The standard InChI is InChI=1S/C11H16BrNO/c1-11(2,13)7-6-8-9(12)4-3-5-10(8)14/h3-5,14H,6-7,13H2,1-2H3. The van der Waals surface area contributed by atoms with Crippen LogP contribution in [-0.2, 0) is 6.42 Å². The molecule has 0 aliphatic carbocycles. The van der Waals surface area contributed by atoms with Crippen LogP contribution >= 0.6 is 15.9 Å². The number of halogens is 1. The Morgan fingerprint density at radius 3 is 2.57 bits per heavy atom. The highest BCUT2D eigenvalue weighted by atomic mass is 79.9.